The molecule has 0 amide bonds. The zero-order valence-electron chi connectivity index (χ0n) is 14.8. The van der Waals surface area contributed by atoms with E-state index in [-0.39, 0.29) is 5.41 Å². The summed E-state index contributed by atoms with van der Waals surface area (Å²) in [5.41, 5.74) is 8.33. The quantitative estimate of drug-likeness (QED) is 0.624. The van der Waals surface area contributed by atoms with Crippen LogP contribution in [-0.2, 0) is 5.41 Å². The average molecular weight is 339 g/mol. The zero-order chi connectivity index (χ0) is 17.7. The smallest absolute Gasteiger partial charge is 0.193 e. The van der Waals surface area contributed by atoms with E-state index >= 15 is 0 Å². The molecule has 0 spiro atoms. The fraction of sp³-hybridized carbons (Fsp3) is 0.350. The van der Waals surface area contributed by atoms with Crippen molar-refractivity contribution in [3.8, 4) is 11.5 Å². The Labute approximate surface area is 148 Å². The van der Waals surface area contributed by atoms with Gasteiger partial charge in [0.2, 0.25) is 0 Å². The highest BCUT2D eigenvalue weighted by Crippen LogP contribution is 2.43. The summed E-state index contributed by atoms with van der Waals surface area (Å²) in [5, 5.41) is 3.13. The van der Waals surface area contributed by atoms with Gasteiger partial charge in [0.05, 0.1) is 26.5 Å². The van der Waals surface area contributed by atoms with E-state index in [2.05, 4.69) is 34.6 Å². The fourth-order valence-electron chi connectivity index (χ4n) is 3.26. The monoisotopic (exact) mass is 339 g/mol. The Bertz CT molecular complexity index is 740. The lowest BCUT2D eigenvalue weighted by Gasteiger charge is -2.41. The molecule has 25 heavy (non-hydrogen) atoms. The predicted octanol–water partition coefficient (Wildman–Crippen LogP) is 3.55. The van der Waals surface area contributed by atoms with Crippen molar-refractivity contribution in [2.24, 2.45) is 10.7 Å². The van der Waals surface area contributed by atoms with Gasteiger partial charge in [0.15, 0.2) is 5.96 Å². The predicted molar refractivity (Wildman–Crippen MR) is 102 cm³/mol. The number of guanidine groups is 1. The van der Waals surface area contributed by atoms with E-state index in [0.717, 1.165) is 24.3 Å². The maximum Gasteiger partial charge on any atom is 0.193 e. The molecule has 0 aromatic heterocycles. The van der Waals surface area contributed by atoms with Crippen molar-refractivity contribution in [2.75, 3.05) is 26.1 Å². The van der Waals surface area contributed by atoms with Gasteiger partial charge < -0.3 is 20.5 Å². The van der Waals surface area contributed by atoms with Gasteiger partial charge in [-0.1, -0.05) is 36.8 Å². The molecule has 3 rings (SSSR count). The lowest BCUT2D eigenvalue weighted by molar-refractivity contribution is 0.254. The summed E-state index contributed by atoms with van der Waals surface area (Å²) in [6, 6.07) is 16.1. The third kappa shape index (κ3) is 3.71. The molecule has 0 heterocycles. The topological polar surface area (TPSA) is 68.9 Å². The molecule has 1 fully saturated rings. The van der Waals surface area contributed by atoms with Crippen LogP contribution in [0.5, 0.6) is 11.5 Å². The summed E-state index contributed by atoms with van der Waals surface area (Å²) in [6.07, 6.45) is 3.54. The highest BCUT2D eigenvalue weighted by Gasteiger charge is 2.38. The highest BCUT2D eigenvalue weighted by atomic mass is 16.5. The summed E-state index contributed by atoms with van der Waals surface area (Å²) in [7, 11) is 3.25. The first-order valence-electron chi connectivity index (χ1n) is 8.51. The third-order valence-electron chi connectivity index (χ3n) is 4.92. The molecule has 1 aliphatic carbocycles. The fourth-order valence-corrected chi connectivity index (χ4v) is 3.26. The molecule has 0 saturated heterocycles. The molecule has 1 aliphatic rings. The number of ether oxygens (including phenoxy) is 2. The Morgan fingerprint density at radius 3 is 2.48 bits per heavy atom. The Balaban J connectivity index is 1.74. The molecule has 5 heteroatoms. The largest absolute Gasteiger partial charge is 0.497 e. The highest BCUT2D eigenvalue weighted by molar-refractivity contribution is 5.94. The minimum Gasteiger partial charge on any atom is -0.497 e. The average Bonchev–Trinajstić information content (AvgIpc) is 2.61. The number of benzene rings is 2. The molecular weight excluding hydrogens is 314 g/mol. The van der Waals surface area contributed by atoms with Gasteiger partial charge in [-0.15, -0.1) is 0 Å². The third-order valence-corrected chi connectivity index (χ3v) is 4.92. The summed E-state index contributed by atoms with van der Waals surface area (Å²) in [5.74, 6) is 1.81. The molecule has 132 valence electrons. The number of hydrogen-bond donors (Lipinski definition) is 2. The van der Waals surface area contributed by atoms with Crippen molar-refractivity contribution in [1.82, 2.24) is 0 Å². The van der Waals surface area contributed by atoms with E-state index in [9.17, 15) is 0 Å². The Morgan fingerprint density at radius 2 is 1.88 bits per heavy atom. The molecule has 3 N–H and O–H groups in total. The first-order chi connectivity index (χ1) is 12.2. The lowest BCUT2D eigenvalue weighted by atomic mass is 9.64. The van der Waals surface area contributed by atoms with E-state index in [1.54, 1.807) is 14.2 Å². The standard InChI is InChI=1S/C20H25N3O2/c1-24-16-9-10-18(25-2)17(13-16)23-19(21)22-14-20(11-6-12-20)15-7-4-3-5-8-15/h3-5,7-10,13H,6,11-12,14H2,1-2H3,(H3,21,22,23). The van der Waals surface area contributed by atoms with Crippen molar-refractivity contribution in [2.45, 2.75) is 24.7 Å². The van der Waals surface area contributed by atoms with Crippen LogP contribution in [0.25, 0.3) is 0 Å². The number of rotatable bonds is 6. The van der Waals surface area contributed by atoms with E-state index < -0.39 is 0 Å². The Hall–Kier alpha value is -2.69. The second-order valence-electron chi connectivity index (χ2n) is 6.39. The number of anilines is 1. The Morgan fingerprint density at radius 1 is 1.12 bits per heavy atom. The normalized spacial score (nSPS) is 16.0. The molecule has 0 unspecified atom stereocenters. The number of nitrogens with one attached hydrogen (secondary N) is 1. The SMILES string of the molecule is COc1ccc(OC)c(NC(N)=NCC2(c3ccccc3)CCC2)c1. The molecule has 0 atom stereocenters. The van der Waals surface area contributed by atoms with Crippen LogP contribution in [0.2, 0.25) is 0 Å². The molecular formula is C20H25N3O2. The van der Waals surface area contributed by atoms with E-state index in [0.29, 0.717) is 18.3 Å². The summed E-state index contributed by atoms with van der Waals surface area (Å²) < 4.78 is 10.6. The number of nitrogens with two attached hydrogens (primary N) is 1. The van der Waals surface area contributed by atoms with Crippen LogP contribution >= 0.6 is 0 Å². The van der Waals surface area contributed by atoms with Crippen molar-refractivity contribution in [3.63, 3.8) is 0 Å². The molecule has 0 aliphatic heterocycles. The second kappa shape index (κ2) is 7.47. The molecule has 0 radical (unpaired) electrons. The summed E-state index contributed by atoms with van der Waals surface area (Å²) in [4.78, 5) is 4.61. The minimum absolute atomic E-state index is 0.117. The van der Waals surface area contributed by atoms with Gasteiger partial charge in [0.1, 0.15) is 11.5 Å². The van der Waals surface area contributed by atoms with Crippen LogP contribution in [0.15, 0.2) is 53.5 Å². The van der Waals surface area contributed by atoms with Gasteiger partial charge in [-0.05, 0) is 30.5 Å². The van der Waals surface area contributed by atoms with Crippen LogP contribution < -0.4 is 20.5 Å². The van der Waals surface area contributed by atoms with Crippen LogP contribution in [0.3, 0.4) is 0 Å². The van der Waals surface area contributed by atoms with E-state index in [1.165, 1.54) is 12.0 Å². The molecule has 1 saturated carbocycles. The van der Waals surface area contributed by atoms with Crippen molar-refractivity contribution in [3.05, 3.63) is 54.1 Å². The van der Waals surface area contributed by atoms with Crippen LogP contribution in [0.4, 0.5) is 5.69 Å². The van der Waals surface area contributed by atoms with Gasteiger partial charge in [-0.25, -0.2) is 0 Å². The first kappa shape index (κ1) is 17.1. The van der Waals surface area contributed by atoms with E-state index in [4.69, 9.17) is 15.2 Å². The maximum absolute atomic E-state index is 6.13. The molecule has 0 bridgehead atoms. The van der Waals surface area contributed by atoms with Gasteiger partial charge in [0.25, 0.3) is 0 Å². The molecule has 2 aromatic carbocycles. The van der Waals surface area contributed by atoms with Crippen molar-refractivity contribution in [1.29, 1.82) is 0 Å². The van der Waals surface area contributed by atoms with Crippen molar-refractivity contribution >= 4 is 11.6 Å². The lowest BCUT2D eigenvalue weighted by Crippen LogP contribution is -2.38. The summed E-state index contributed by atoms with van der Waals surface area (Å²) in [6.45, 7) is 0.683. The number of nitrogens with zero attached hydrogens (tertiary/aromatic N) is 1. The van der Waals surface area contributed by atoms with Gasteiger partial charge in [-0.2, -0.15) is 0 Å². The number of hydrogen-bond acceptors (Lipinski definition) is 3. The zero-order valence-corrected chi connectivity index (χ0v) is 14.8. The maximum atomic E-state index is 6.13. The number of methoxy groups -OCH3 is 2. The van der Waals surface area contributed by atoms with Crippen LogP contribution in [0.1, 0.15) is 24.8 Å². The second-order valence-corrected chi connectivity index (χ2v) is 6.39. The molecule has 5 nitrogen and oxygen atoms in total. The number of aliphatic imine (C=N–C) groups is 1. The van der Waals surface area contributed by atoms with Gasteiger partial charge in [0, 0.05) is 11.5 Å². The van der Waals surface area contributed by atoms with E-state index in [1.807, 2.05) is 24.3 Å². The summed E-state index contributed by atoms with van der Waals surface area (Å²) >= 11 is 0. The van der Waals surface area contributed by atoms with Gasteiger partial charge in [-0.3, -0.25) is 4.99 Å². The van der Waals surface area contributed by atoms with Crippen molar-refractivity contribution < 1.29 is 9.47 Å². The van der Waals surface area contributed by atoms with Crippen LogP contribution in [-0.4, -0.2) is 26.7 Å². The first-order valence-corrected chi connectivity index (χ1v) is 8.51. The molecule has 2 aromatic rings. The van der Waals surface area contributed by atoms with Gasteiger partial charge >= 0.3 is 0 Å². The van der Waals surface area contributed by atoms with Crippen LogP contribution in [0, 0.1) is 0 Å². The Kier molecular flexibility index (Phi) is 5.12. The minimum atomic E-state index is 0.117.